The lowest BCUT2D eigenvalue weighted by Gasteiger charge is -2.14. The molecule has 1 unspecified atom stereocenters. The molecule has 1 aromatic carbocycles. The summed E-state index contributed by atoms with van der Waals surface area (Å²) < 4.78 is 12.0. The third kappa shape index (κ3) is 2.50. The molecule has 1 atom stereocenters. The van der Waals surface area contributed by atoms with Crippen LogP contribution in [-0.2, 0) is 6.42 Å². The molecule has 0 amide bonds. The summed E-state index contributed by atoms with van der Waals surface area (Å²) in [6.45, 7) is 0.424. The van der Waals surface area contributed by atoms with Gasteiger partial charge in [0.05, 0.1) is 6.67 Å². The summed E-state index contributed by atoms with van der Waals surface area (Å²) in [5.74, 6) is 0. The summed E-state index contributed by atoms with van der Waals surface area (Å²) in [6.07, 6.45) is 2.54. The van der Waals surface area contributed by atoms with Crippen LogP contribution in [0, 0.1) is 0 Å². The van der Waals surface area contributed by atoms with Crippen molar-refractivity contribution in [2.75, 3.05) is 13.2 Å². The maximum absolute atomic E-state index is 12.0. The van der Waals surface area contributed by atoms with Crippen LogP contribution in [-0.4, -0.2) is 13.2 Å². The lowest BCUT2D eigenvalue weighted by atomic mass is 10.1. The SMILES string of the molecule is FCCCNC1CCc2c(Cl)cc(Cl)cc21. The first-order valence-electron chi connectivity index (χ1n) is 5.49. The average Bonchev–Trinajstić information content (AvgIpc) is 2.62. The minimum atomic E-state index is -0.275. The molecule has 1 nitrogen and oxygen atoms in total. The van der Waals surface area contributed by atoms with Gasteiger partial charge in [0, 0.05) is 16.1 Å². The van der Waals surface area contributed by atoms with E-state index in [1.54, 1.807) is 6.07 Å². The van der Waals surface area contributed by atoms with E-state index in [9.17, 15) is 4.39 Å². The molecule has 0 spiro atoms. The second kappa shape index (κ2) is 5.35. The summed E-state index contributed by atoms with van der Waals surface area (Å²) in [7, 11) is 0. The van der Waals surface area contributed by atoms with Gasteiger partial charge in [-0.05, 0) is 49.1 Å². The van der Waals surface area contributed by atoms with Crippen molar-refractivity contribution >= 4 is 23.2 Å². The fourth-order valence-electron chi connectivity index (χ4n) is 2.20. The lowest BCUT2D eigenvalue weighted by molar-refractivity contribution is 0.438. The van der Waals surface area contributed by atoms with Crippen LogP contribution in [0.25, 0.3) is 0 Å². The van der Waals surface area contributed by atoms with Crippen LogP contribution < -0.4 is 5.32 Å². The number of hydrogen-bond acceptors (Lipinski definition) is 1. The molecule has 1 aliphatic rings. The second-order valence-corrected chi connectivity index (χ2v) is 4.89. The molecule has 0 aliphatic heterocycles. The minimum absolute atomic E-state index is 0.275. The van der Waals surface area contributed by atoms with Crippen molar-refractivity contribution in [1.82, 2.24) is 5.32 Å². The lowest BCUT2D eigenvalue weighted by Crippen LogP contribution is -2.20. The van der Waals surface area contributed by atoms with Gasteiger partial charge < -0.3 is 5.32 Å². The summed E-state index contributed by atoms with van der Waals surface area (Å²) in [5, 5.41) is 4.75. The van der Waals surface area contributed by atoms with Crippen molar-refractivity contribution in [3.63, 3.8) is 0 Å². The van der Waals surface area contributed by atoms with Gasteiger partial charge in [-0.25, -0.2) is 0 Å². The molecule has 0 saturated carbocycles. The van der Waals surface area contributed by atoms with Crippen molar-refractivity contribution in [3.05, 3.63) is 33.3 Å². The zero-order chi connectivity index (χ0) is 11.5. The van der Waals surface area contributed by atoms with E-state index in [2.05, 4.69) is 5.32 Å². The van der Waals surface area contributed by atoms with E-state index in [-0.39, 0.29) is 12.7 Å². The van der Waals surface area contributed by atoms with E-state index in [1.807, 2.05) is 6.07 Å². The van der Waals surface area contributed by atoms with E-state index >= 15 is 0 Å². The Labute approximate surface area is 105 Å². The Morgan fingerprint density at radius 3 is 2.94 bits per heavy atom. The summed E-state index contributed by atoms with van der Waals surface area (Å²) in [5.41, 5.74) is 2.36. The van der Waals surface area contributed by atoms with E-state index in [1.165, 1.54) is 11.1 Å². The molecular weight excluding hydrogens is 248 g/mol. The van der Waals surface area contributed by atoms with Gasteiger partial charge in [0.15, 0.2) is 0 Å². The molecule has 0 fully saturated rings. The van der Waals surface area contributed by atoms with Crippen LogP contribution in [0.1, 0.15) is 30.0 Å². The Balaban J connectivity index is 2.12. The molecule has 0 bridgehead atoms. The first-order chi connectivity index (χ1) is 7.72. The van der Waals surface area contributed by atoms with Crippen LogP contribution >= 0.6 is 23.2 Å². The van der Waals surface area contributed by atoms with Crippen LogP contribution in [0.4, 0.5) is 4.39 Å². The van der Waals surface area contributed by atoms with Gasteiger partial charge in [-0.1, -0.05) is 23.2 Å². The quantitative estimate of drug-likeness (QED) is 0.810. The Bertz CT molecular complexity index is 382. The smallest absolute Gasteiger partial charge is 0.0906 e. The number of fused-ring (bicyclic) bond motifs is 1. The first kappa shape index (κ1) is 12.2. The molecule has 0 saturated heterocycles. The predicted molar refractivity (Wildman–Crippen MR) is 66.1 cm³/mol. The van der Waals surface area contributed by atoms with E-state index < -0.39 is 0 Å². The summed E-state index contributed by atoms with van der Waals surface area (Å²) >= 11 is 12.1. The predicted octanol–water partition coefficient (Wildman–Crippen LogP) is 3.93. The number of alkyl halides is 1. The van der Waals surface area contributed by atoms with Crippen molar-refractivity contribution in [2.45, 2.75) is 25.3 Å². The monoisotopic (exact) mass is 261 g/mol. The Morgan fingerprint density at radius 1 is 1.38 bits per heavy atom. The highest BCUT2D eigenvalue weighted by molar-refractivity contribution is 6.35. The number of nitrogens with one attached hydrogen (secondary N) is 1. The van der Waals surface area contributed by atoms with Crippen LogP contribution in [0.5, 0.6) is 0 Å². The van der Waals surface area contributed by atoms with Gasteiger partial charge in [0.2, 0.25) is 0 Å². The van der Waals surface area contributed by atoms with E-state index in [0.29, 0.717) is 18.0 Å². The van der Waals surface area contributed by atoms with Crippen molar-refractivity contribution in [3.8, 4) is 0 Å². The zero-order valence-corrected chi connectivity index (χ0v) is 10.4. The number of hydrogen-bond donors (Lipinski definition) is 1. The number of benzene rings is 1. The van der Waals surface area contributed by atoms with Gasteiger partial charge >= 0.3 is 0 Å². The molecule has 1 N–H and O–H groups in total. The summed E-state index contributed by atoms with van der Waals surface area (Å²) in [4.78, 5) is 0. The molecule has 4 heteroatoms. The van der Waals surface area contributed by atoms with Gasteiger partial charge in [-0.2, -0.15) is 0 Å². The largest absolute Gasteiger partial charge is 0.310 e. The molecule has 1 aliphatic carbocycles. The fraction of sp³-hybridized carbons (Fsp3) is 0.500. The van der Waals surface area contributed by atoms with Gasteiger partial charge in [-0.15, -0.1) is 0 Å². The molecule has 16 heavy (non-hydrogen) atoms. The fourth-order valence-corrected chi connectivity index (χ4v) is 2.80. The number of rotatable bonds is 4. The molecule has 0 heterocycles. The van der Waals surface area contributed by atoms with Crippen molar-refractivity contribution in [1.29, 1.82) is 0 Å². The zero-order valence-electron chi connectivity index (χ0n) is 8.90. The normalized spacial score (nSPS) is 18.8. The topological polar surface area (TPSA) is 12.0 Å². The van der Waals surface area contributed by atoms with E-state index in [0.717, 1.165) is 17.9 Å². The van der Waals surface area contributed by atoms with Gasteiger partial charge in [-0.3, -0.25) is 4.39 Å². The highest BCUT2D eigenvalue weighted by Gasteiger charge is 2.24. The van der Waals surface area contributed by atoms with Crippen molar-refractivity contribution < 1.29 is 4.39 Å². The van der Waals surface area contributed by atoms with Crippen LogP contribution in [0.2, 0.25) is 10.0 Å². The highest BCUT2D eigenvalue weighted by atomic mass is 35.5. The van der Waals surface area contributed by atoms with Crippen LogP contribution in [0.15, 0.2) is 12.1 Å². The molecule has 0 radical (unpaired) electrons. The third-order valence-corrected chi connectivity index (χ3v) is 3.51. The molecular formula is C12H14Cl2FN. The third-order valence-electron chi connectivity index (χ3n) is 2.95. The average molecular weight is 262 g/mol. The molecule has 2 rings (SSSR count). The Hall–Kier alpha value is -0.310. The maximum atomic E-state index is 12.0. The molecule has 1 aromatic rings. The van der Waals surface area contributed by atoms with Crippen LogP contribution in [0.3, 0.4) is 0 Å². The second-order valence-electron chi connectivity index (χ2n) is 4.04. The summed E-state index contributed by atoms with van der Waals surface area (Å²) in [6, 6.07) is 4.02. The molecule has 88 valence electrons. The minimum Gasteiger partial charge on any atom is -0.310 e. The number of halogens is 3. The Kier molecular flexibility index (Phi) is 4.06. The highest BCUT2D eigenvalue weighted by Crippen LogP contribution is 2.37. The Morgan fingerprint density at radius 2 is 2.19 bits per heavy atom. The maximum Gasteiger partial charge on any atom is 0.0906 e. The van der Waals surface area contributed by atoms with Gasteiger partial charge in [0.25, 0.3) is 0 Å². The standard InChI is InChI=1S/C12H14Cl2FN/c13-8-6-10-9(11(14)7-8)2-3-12(10)16-5-1-4-15/h6-7,12,16H,1-5H2. The van der Waals surface area contributed by atoms with E-state index in [4.69, 9.17) is 23.2 Å². The van der Waals surface area contributed by atoms with Gasteiger partial charge in [0.1, 0.15) is 0 Å². The molecule has 0 aromatic heterocycles. The van der Waals surface area contributed by atoms with Crippen molar-refractivity contribution in [2.24, 2.45) is 0 Å². The first-order valence-corrected chi connectivity index (χ1v) is 6.25.